The first-order chi connectivity index (χ1) is 8.24. The molecule has 2 nitrogen and oxygen atoms in total. The highest BCUT2D eigenvalue weighted by molar-refractivity contribution is 5.44. The van der Waals surface area contributed by atoms with E-state index in [1.807, 2.05) is 0 Å². The van der Waals surface area contributed by atoms with Gasteiger partial charge in [-0.3, -0.25) is 0 Å². The Morgan fingerprint density at radius 2 is 2.06 bits per heavy atom. The monoisotopic (exact) mass is 231 g/mol. The van der Waals surface area contributed by atoms with E-state index in [9.17, 15) is 0 Å². The predicted molar refractivity (Wildman–Crippen MR) is 69.2 cm³/mol. The molecule has 1 aromatic rings. The molecular weight excluding hydrogens is 210 g/mol. The van der Waals surface area contributed by atoms with E-state index in [0.29, 0.717) is 6.04 Å². The molecule has 1 heterocycles. The second kappa shape index (κ2) is 4.11. The molecule has 1 atom stereocenters. The third kappa shape index (κ3) is 1.62. The zero-order valence-corrected chi connectivity index (χ0v) is 10.5. The number of nitrogens with two attached hydrogens (primary N) is 1. The van der Waals surface area contributed by atoms with Gasteiger partial charge >= 0.3 is 0 Å². The fourth-order valence-corrected chi connectivity index (χ4v) is 3.78. The van der Waals surface area contributed by atoms with Crippen molar-refractivity contribution in [1.82, 2.24) is 0 Å². The first-order valence-corrected chi connectivity index (χ1v) is 6.66. The largest absolute Gasteiger partial charge is 0.381 e. The van der Waals surface area contributed by atoms with E-state index in [2.05, 4.69) is 25.1 Å². The molecule has 1 aliphatic heterocycles. The van der Waals surface area contributed by atoms with Crippen LogP contribution in [0.15, 0.2) is 18.2 Å². The van der Waals surface area contributed by atoms with Crippen molar-refractivity contribution < 1.29 is 4.74 Å². The van der Waals surface area contributed by atoms with Crippen molar-refractivity contribution in [3.05, 3.63) is 34.9 Å². The van der Waals surface area contributed by atoms with Crippen LogP contribution in [-0.4, -0.2) is 19.3 Å². The summed E-state index contributed by atoms with van der Waals surface area (Å²) in [7, 11) is 0. The molecule has 2 aliphatic rings. The second-order valence-electron chi connectivity index (χ2n) is 5.52. The van der Waals surface area contributed by atoms with Gasteiger partial charge in [-0.15, -0.1) is 0 Å². The third-order valence-electron chi connectivity index (χ3n) is 4.68. The molecule has 0 radical (unpaired) electrons. The molecule has 2 N–H and O–H groups in total. The van der Waals surface area contributed by atoms with Gasteiger partial charge in [-0.25, -0.2) is 0 Å². The highest BCUT2D eigenvalue weighted by atomic mass is 16.5. The summed E-state index contributed by atoms with van der Waals surface area (Å²) >= 11 is 0. The number of hydrogen-bond donors (Lipinski definition) is 1. The van der Waals surface area contributed by atoms with Gasteiger partial charge in [0.1, 0.15) is 0 Å². The SMILES string of the molecule is Cc1cccc2c1C1(CCOCC1)C(N)CC2. The summed E-state index contributed by atoms with van der Waals surface area (Å²) in [6.45, 7) is 3.96. The highest BCUT2D eigenvalue weighted by Gasteiger charge is 2.44. The summed E-state index contributed by atoms with van der Waals surface area (Å²) in [5, 5.41) is 0. The minimum Gasteiger partial charge on any atom is -0.381 e. The van der Waals surface area contributed by atoms with Crippen molar-refractivity contribution in [3.63, 3.8) is 0 Å². The third-order valence-corrected chi connectivity index (χ3v) is 4.68. The van der Waals surface area contributed by atoms with Crippen LogP contribution in [-0.2, 0) is 16.6 Å². The summed E-state index contributed by atoms with van der Waals surface area (Å²) < 4.78 is 5.54. The van der Waals surface area contributed by atoms with Crippen molar-refractivity contribution in [2.45, 2.75) is 44.1 Å². The zero-order valence-electron chi connectivity index (χ0n) is 10.5. The standard InChI is InChI=1S/C15H21NO/c1-11-3-2-4-12-5-6-13(16)15(14(11)12)7-9-17-10-8-15/h2-4,13H,5-10,16H2,1H3. The maximum atomic E-state index is 6.47. The van der Waals surface area contributed by atoms with Crippen LogP contribution in [0, 0.1) is 6.92 Å². The molecule has 2 heteroatoms. The Bertz CT molecular complexity index is 421. The Balaban J connectivity index is 2.15. The van der Waals surface area contributed by atoms with Gasteiger partial charge in [-0.2, -0.15) is 0 Å². The van der Waals surface area contributed by atoms with E-state index in [1.54, 1.807) is 5.56 Å². The average Bonchev–Trinajstić information content (AvgIpc) is 2.35. The summed E-state index contributed by atoms with van der Waals surface area (Å²) in [4.78, 5) is 0. The van der Waals surface area contributed by atoms with Gasteiger partial charge in [-0.05, 0) is 49.3 Å². The number of rotatable bonds is 0. The lowest BCUT2D eigenvalue weighted by Crippen LogP contribution is -2.52. The molecule has 1 saturated heterocycles. The van der Waals surface area contributed by atoms with E-state index in [1.165, 1.54) is 11.1 Å². The Kier molecular flexibility index (Phi) is 2.72. The van der Waals surface area contributed by atoms with Gasteiger partial charge in [-0.1, -0.05) is 18.2 Å². The van der Waals surface area contributed by atoms with Gasteiger partial charge in [0.15, 0.2) is 0 Å². The normalized spacial score (nSPS) is 26.8. The number of fused-ring (bicyclic) bond motifs is 2. The topological polar surface area (TPSA) is 35.2 Å². The number of aryl methyl sites for hydroxylation is 2. The maximum absolute atomic E-state index is 6.47. The molecule has 1 unspecified atom stereocenters. The molecule has 0 saturated carbocycles. The van der Waals surface area contributed by atoms with Crippen LogP contribution in [0.4, 0.5) is 0 Å². The smallest absolute Gasteiger partial charge is 0.0475 e. The summed E-state index contributed by atoms with van der Waals surface area (Å²) in [6, 6.07) is 7.00. The average molecular weight is 231 g/mol. The molecule has 1 fully saturated rings. The van der Waals surface area contributed by atoms with Crippen LogP contribution in [0.1, 0.15) is 36.0 Å². The highest BCUT2D eigenvalue weighted by Crippen LogP contribution is 2.45. The molecule has 3 rings (SSSR count). The Labute approximate surface area is 103 Å². The zero-order chi connectivity index (χ0) is 11.9. The van der Waals surface area contributed by atoms with Crippen LogP contribution in [0.5, 0.6) is 0 Å². The molecule has 0 aromatic heterocycles. The lowest BCUT2D eigenvalue weighted by molar-refractivity contribution is 0.0357. The number of hydrogen-bond acceptors (Lipinski definition) is 2. The van der Waals surface area contributed by atoms with Crippen molar-refractivity contribution in [1.29, 1.82) is 0 Å². The minimum atomic E-state index is 0.192. The quantitative estimate of drug-likeness (QED) is 0.743. The van der Waals surface area contributed by atoms with Gasteiger partial charge in [0.25, 0.3) is 0 Å². The molecule has 1 spiro atoms. The number of ether oxygens (including phenoxy) is 1. The minimum absolute atomic E-state index is 0.192. The van der Waals surface area contributed by atoms with E-state index in [-0.39, 0.29) is 5.41 Å². The van der Waals surface area contributed by atoms with Crippen molar-refractivity contribution in [2.75, 3.05) is 13.2 Å². The molecule has 0 amide bonds. The lowest BCUT2D eigenvalue weighted by atomic mass is 9.62. The summed E-state index contributed by atoms with van der Waals surface area (Å²) in [5.74, 6) is 0. The Morgan fingerprint density at radius 1 is 1.29 bits per heavy atom. The molecule has 92 valence electrons. The van der Waals surface area contributed by atoms with Gasteiger partial charge < -0.3 is 10.5 Å². The maximum Gasteiger partial charge on any atom is 0.0475 e. The Morgan fingerprint density at radius 3 is 2.82 bits per heavy atom. The first kappa shape index (κ1) is 11.2. The van der Waals surface area contributed by atoms with E-state index in [4.69, 9.17) is 10.5 Å². The lowest BCUT2D eigenvalue weighted by Gasteiger charge is -2.47. The summed E-state index contributed by atoms with van der Waals surface area (Å²) in [5.41, 5.74) is 11.1. The first-order valence-electron chi connectivity index (χ1n) is 6.66. The van der Waals surface area contributed by atoms with Crippen molar-refractivity contribution in [3.8, 4) is 0 Å². The Hall–Kier alpha value is -0.860. The van der Waals surface area contributed by atoms with Crippen LogP contribution in [0.2, 0.25) is 0 Å². The van der Waals surface area contributed by atoms with Gasteiger partial charge in [0.05, 0.1) is 0 Å². The summed E-state index contributed by atoms with van der Waals surface area (Å²) in [6.07, 6.45) is 4.44. The number of benzene rings is 1. The molecule has 1 aromatic carbocycles. The van der Waals surface area contributed by atoms with Crippen LogP contribution in [0.25, 0.3) is 0 Å². The fraction of sp³-hybridized carbons (Fsp3) is 0.600. The molecule has 0 bridgehead atoms. The fourth-order valence-electron chi connectivity index (χ4n) is 3.78. The second-order valence-corrected chi connectivity index (χ2v) is 5.52. The van der Waals surface area contributed by atoms with E-state index >= 15 is 0 Å². The van der Waals surface area contributed by atoms with Crippen LogP contribution < -0.4 is 5.73 Å². The van der Waals surface area contributed by atoms with Crippen LogP contribution >= 0.6 is 0 Å². The molecular formula is C15H21NO. The van der Waals surface area contributed by atoms with E-state index in [0.717, 1.165) is 38.9 Å². The van der Waals surface area contributed by atoms with Gasteiger partial charge in [0, 0.05) is 24.7 Å². The molecule has 17 heavy (non-hydrogen) atoms. The van der Waals surface area contributed by atoms with Crippen molar-refractivity contribution in [2.24, 2.45) is 5.73 Å². The predicted octanol–water partition coefficient (Wildman–Crippen LogP) is 2.32. The van der Waals surface area contributed by atoms with Crippen molar-refractivity contribution >= 4 is 0 Å². The van der Waals surface area contributed by atoms with Gasteiger partial charge in [0.2, 0.25) is 0 Å². The molecule has 1 aliphatic carbocycles. The van der Waals surface area contributed by atoms with Crippen LogP contribution in [0.3, 0.4) is 0 Å². The van der Waals surface area contributed by atoms with E-state index < -0.39 is 0 Å².